The summed E-state index contributed by atoms with van der Waals surface area (Å²) in [4.78, 5) is 46.2. The van der Waals surface area contributed by atoms with E-state index in [-0.39, 0.29) is 12.8 Å². The van der Waals surface area contributed by atoms with Gasteiger partial charge in [0.15, 0.2) is 6.10 Å². The molecule has 1 saturated heterocycles. The average molecular weight is 388 g/mol. The molecule has 0 unspecified atom stereocenters. The largest absolute Gasteiger partial charge is 0.453 e. The van der Waals surface area contributed by atoms with E-state index in [1.165, 1.54) is 19.1 Å². The lowest BCUT2D eigenvalue weighted by Crippen LogP contribution is -2.32. The van der Waals surface area contributed by atoms with E-state index >= 15 is 0 Å². The molecule has 2 atom stereocenters. The third-order valence-electron chi connectivity index (χ3n) is 3.36. The minimum Gasteiger partial charge on any atom is -0.453 e. The number of hydrogen-bond acceptors (Lipinski definition) is 5. The first-order chi connectivity index (χ1) is 11.8. The van der Waals surface area contributed by atoms with Crippen molar-refractivity contribution in [2.24, 2.45) is 0 Å². The third kappa shape index (κ3) is 5.33. The highest BCUT2D eigenvalue weighted by Gasteiger charge is 2.30. The summed E-state index contributed by atoms with van der Waals surface area (Å²) < 4.78 is 5.00. The van der Waals surface area contributed by atoms with Crippen molar-refractivity contribution < 1.29 is 23.9 Å². The van der Waals surface area contributed by atoms with Gasteiger partial charge in [-0.2, -0.15) is 0 Å². The van der Waals surface area contributed by atoms with E-state index in [9.17, 15) is 19.2 Å². The van der Waals surface area contributed by atoms with Crippen LogP contribution in [0.25, 0.3) is 0 Å². The molecule has 0 aromatic heterocycles. The Kier molecular flexibility index (Phi) is 6.22. The monoisotopic (exact) mass is 387 g/mol. The number of imide groups is 1. The smallest absolute Gasteiger partial charge is 0.322 e. The van der Waals surface area contributed by atoms with Crippen molar-refractivity contribution in [2.45, 2.75) is 31.9 Å². The topological polar surface area (TPSA) is 114 Å². The second kappa shape index (κ2) is 8.17. The van der Waals surface area contributed by atoms with Crippen molar-refractivity contribution in [3.8, 4) is 0 Å². The number of halogens is 2. The van der Waals surface area contributed by atoms with Crippen molar-refractivity contribution in [2.75, 3.05) is 5.32 Å². The van der Waals surface area contributed by atoms with Gasteiger partial charge in [-0.3, -0.25) is 19.7 Å². The Balaban J connectivity index is 1.82. The van der Waals surface area contributed by atoms with Gasteiger partial charge in [0, 0.05) is 11.4 Å². The minimum absolute atomic E-state index is 0.0743. The molecule has 10 heteroatoms. The standard InChI is InChI=1S/C15H15Cl2N3O5/c1-7(13(22)18-11-6-8(16)2-3-9(11)17)25-12(21)5-4-10-14(23)20-15(24)19-10/h2-3,6-7,10H,4-5H2,1H3,(H,18,22)(H2,19,20,23,24)/t7-,10+/m1/s1. The van der Waals surface area contributed by atoms with Crippen LogP contribution in [0.1, 0.15) is 19.8 Å². The molecule has 25 heavy (non-hydrogen) atoms. The summed E-state index contributed by atoms with van der Waals surface area (Å²) in [6.45, 7) is 1.40. The molecule has 0 aliphatic carbocycles. The molecule has 0 saturated carbocycles. The summed E-state index contributed by atoms with van der Waals surface area (Å²) in [7, 11) is 0. The van der Waals surface area contributed by atoms with E-state index in [4.69, 9.17) is 27.9 Å². The van der Waals surface area contributed by atoms with Crippen molar-refractivity contribution in [1.82, 2.24) is 10.6 Å². The van der Waals surface area contributed by atoms with Crippen molar-refractivity contribution in [3.05, 3.63) is 28.2 Å². The molecular weight excluding hydrogens is 373 g/mol. The van der Waals surface area contributed by atoms with E-state index in [0.717, 1.165) is 0 Å². The van der Waals surface area contributed by atoms with Crippen LogP contribution in [0.3, 0.4) is 0 Å². The minimum atomic E-state index is -1.07. The number of urea groups is 1. The number of benzene rings is 1. The molecule has 1 aliphatic rings. The van der Waals surface area contributed by atoms with Gasteiger partial charge >= 0.3 is 12.0 Å². The summed E-state index contributed by atoms with van der Waals surface area (Å²) in [5.74, 6) is -1.75. The first-order valence-corrected chi connectivity index (χ1v) is 8.08. The number of esters is 1. The Morgan fingerprint density at radius 2 is 2.04 bits per heavy atom. The van der Waals surface area contributed by atoms with E-state index in [1.54, 1.807) is 6.07 Å². The molecule has 0 bridgehead atoms. The predicted octanol–water partition coefficient (Wildman–Crippen LogP) is 1.85. The Morgan fingerprint density at radius 3 is 2.68 bits per heavy atom. The van der Waals surface area contributed by atoms with Gasteiger partial charge in [0.25, 0.3) is 11.8 Å². The summed E-state index contributed by atoms with van der Waals surface area (Å²) in [5.41, 5.74) is 0.299. The number of rotatable bonds is 6. The molecule has 1 aromatic rings. The van der Waals surface area contributed by atoms with Gasteiger partial charge in [-0.15, -0.1) is 0 Å². The normalized spacial score (nSPS) is 17.5. The molecule has 2 rings (SSSR count). The predicted molar refractivity (Wildman–Crippen MR) is 90.3 cm³/mol. The SMILES string of the molecule is C[C@@H](OC(=O)CC[C@@H]1NC(=O)NC1=O)C(=O)Nc1cc(Cl)ccc1Cl. The number of anilines is 1. The molecule has 3 N–H and O–H groups in total. The van der Waals surface area contributed by atoms with Crippen LogP contribution in [0, 0.1) is 0 Å². The maximum Gasteiger partial charge on any atom is 0.322 e. The molecule has 0 radical (unpaired) electrons. The number of amides is 4. The quantitative estimate of drug-likeness (QED) is 0.509. The second-order valence-electron chi connectivity index (χ2n) is 5.30. The highest BCUT2D eigenvalue weighted by atomic mass is 35.5. The van der Waals surface area contributed by atoms with Gasteiger partial charge in [-0.1, -0.05) is 23.2 Å². The van der Waals surface area contributed by atoms with Gasteiger partial charge < -0.3 is 15.4 Å². The highest BCUT2D eigenvalue weighted by Crippen LogP contribution is 2.25. The lowest BCUT2D eigenvalue weighted by Gasteiger charge is -2.15. The van der Waals surface area contributed by atoms with Gasteiger partial charge in [-0.25, -0.2) is 4.79 Å². The Hall–Kier alpha value is -2.32. The summed E-state index contributed by atoms with van der Waals surface area (Å²) in [6, 6.07) is 3.18. The average Bonchev–Trinajstić information content (AvgIpc) is 2.86. The van der Waals surface area contributed by atoms with E-state index in [2.05, 4.69) is 16.0 Å². The summed E-state index contributed by atoms with van der Waals surface area (Å²) in [5, 5.41) is 7.62. The van der Waals surface area contributed by atoms with Crippen LogP contribution in [-0.2, 0) is 19.1 Å². The first kappa shape index (κ1) is 19.0. The van der Waals surface area contributed by atoms with Crippen molar-refractivity contribution in [1.29, 1.82) is 0 Å². The van der Waals surface area contributed by atoms with Crippen LogP contribution >= 0.6 is 23.2 Å². The maximum atomic E-state index is 12.1. The third-order valence-corrected chi connectivity index (χ3v) is 3.92. The molecule has 1 aromatic carbocycles. The molecule has 1 aliphatic heterocycles. The molecule has 134 valence electrons. The first-order valence-electron chi connectivity index (χ1n) is 7.33. The van der Waals surface area contributed by atoms with Gasteiger partial charge in [0.2, 0.25) is 0 Å². The molecule has 1 fully saturated rings. The van der Waals surface area contributed by atoms with E-state index in [0.29, 0.717) is 15.7 Å². The Bertz CT molecular complexity index is 725. The van der Waals surface area contributed by atoms with Crippen LogP contribution in [0.2, 0.25) is 10.0 Å². The number of carbonyl (C=O) groups is 4. The Morgan fingerprint density at radius 1 is 1.32 bits per heavy atom. The molecular formula is C15H15Cl2N3O5. The Labute approximate surface area is 153 Å². The van der Waals surface area contributed by atoms with E-state index in [1.807, 2.05) is 0 Å². The number of ether oxygens (including phenoxy) is 1. The highest BCUT2D eigenvalue weighted by molar-refractivity contribution is 6.35. The van der Waals surface area contributed by atoms with Crippen LogP contribution < -0.4 is 16.0 Å². The zero-order chi connectivity index (χ0) is 18.6. The number of hydrogen-bond donors (Lipinski definition) is 3. The molecule has 8 nitrogen and oxygen atoms in total. The lowest BCUT2D eigenvalue weighted by atomic mass is 10.1. The lowest BCUT2D eigenvalue weighted by molar-refractivity contribution is -0.153. The van der Waals surface area contributed by atoms with Crippen LogP contribution in [0.4, 0.5) is 10.5 Å². The molecule has 4 amide bonds. The van der Waals surface area contributed by atoms with Gasteiger partial charge in [0.05, 0.1) is 10.7 Å². The fraction of sp³-hybridized carbons (Fsp3) is 0.333. The fourth-order valence-corrected chi connectivity index (χ4v) is 2.40. The maximum absolute atomic E-state index is 12.1. The molecule has 1 heterocycles. The van der Waals surface area contributed by atoms with Crippen molar-refractivity contribution >= 4 is 52.7 Å². The molecule has 0 spiro atoms. The summed E-state index contributed by atoms with van der Waals surface area (Å²) >= 11 is 11.8. The van der Waals surface area contributed by atoms with Gasteiger partial charge in [0.1, 0.15) is 6.04 Å². The number of carbonyl (C=O) groups excluding carboxylic acids is 4. The van der Waals surface area contributed by atoms with Gasteiger partial charge in [-0.05, 0) is 31.5 Å². The van der Waals surface area contributed by atoms with Crippen LogP contribution in [-0.4, -0.2) is 36.0 Å². The summed E-state index contributed by atoms with van der Waals surface area (Å²) in [6.07, 6.45) is -1.13. The van der Waals surface area contributed by atoms with E-state index < -0.39 is 36.0 Å². The fourth-order valence-electron chi connectivity index (χ4n) is 2.06. The number of nitrogens with one attached hydrogen (secondary N) is 3. The van der Waals surface area contributed by atoms with Crippen LogP contribution in [0.15, 0.2) is 18.2 Å². The second-order valence-corrected chi connectivity index (χ2v) is 6.14. The van der Waals surface area contributed by atoms with Crippen molar-refractivity contribution in [3.63, 3.8) is 0 Å². The zero-order valence-corrected chi connectivity index (χ0v) is 14.6. The zero-order valence-electron chi connectivity index (χ0n) is 13.1. The van der Waals surface area contributed by atoms with Crippen LogP contribution in [0.5, 0.6) is 0 Å².